The smallest absolute Gasteiger partial charge is 0.408 e. The third kappa shape index (κ3) is 3.84. The molecule has 1 rings (SSSR count). The van der Waals surface area contributed by atoms with E-state index in [1.54, 1.807) is 20.8 Å². The lowest BCUT2D eigenvalue weighted by Gasteiger charge is -2.28. The van der Waals surface area contributed by atoms with Crippen LogP contribution >= 0.6 is 0 Å². The number of carbonyl (C=O) groups is 3. The maximum absolute atomic E-state index is 11.7. The normalized spacial score (nSPS) is 23.1. The molecule has 1 aliphatic rings. The fourth-order valence-corrected chi connectivity index (χ4v) is 1.91. The number of amides is 2. The molecule has 1 heterocycles. The number of rotatable bonds is 2. The van der Waals surface area contributed by atoms with Crippen molar-refractivity contribution in [3.63, 3.8) is 0 Å². The molecule has 0 saturated carbocycles. The second-order valence-corrected chi connectivity index (χ2v) is 5.70. The van der Waals surface area contributed by atoms with Gasteiger partial charge in [-0.05, 0) is 20.8 Å². The second-order valence-electron chi connectivity index (χ2n) is 5.70. The van der Waals surface area contributed by atoms with Gasteiger partial charge in [-0.15, -0.1) is 0 Å². The standard InChI is InChI=1S/C12H20N2O5/c1-8(15)14-6-5-12(7-14,9(16)17)13-10(18)19-11(2,3)4/h5-7H2,1-4H3,(H,13,18)(H,16,17). The number of carboxylic acid groups (broad SMARTS) is 1. The second kappa shape index (κ2) is 5.07. The van der Waals surface area contributed by atoms with Crippen LogP contribution in [0, 0.1) is 0 Å². The molecule has 0 aliphatic carbocycles. The van der Waals surface area contributed by atoms with Crippen molar-refractivity contribution in [1.29, 1.82) is 0 Å². The maximum atomic E-state index is 11.7. The molecule has 0 bridgehead atoms. The SMILES string of the molecule is CC(=O)N1CCC(NC(=O)OC(C)(C)C)(C(=O)O)C1. The highest BCUT2D eigenvalue weighted by Gasteiger charge is 2.47. The molecule has 108 valence electrons. The molecular weight excluding hydrogens is 252 g/mol. The molecule has 1 fully saturated rings. The van der Waals surface area contributed by atoms with Gasteiger partial charge in [0.1, 0.15) is 5.60 Å². The van der Waals surface area contributed by atoms with Gasteiger partial charge in [-0.2, -0.15) is 0 Å². The van der Waals surface area contributed by atoms with Crippen LogP contribution in [0.4, 0.5) is 4.79 Å². The van der Waals surface area contributed by atoms with E-state index < -0.39 is 23.2 Å². The Kier molecular flexibility index (Phi) is 4.07. The minimum atomic E-state index is -1.46. The van der Waals surface area contributed by atoms with Gasteiger partial charge in [0, 0.05) is 19.9 Å². The first kappa shape index (κ1) is 15.3. The van der Waals surface area contributed by atoms with Crippen LogP contribution in [0.15, 0.2) is 0 Å². The summed E-state index contributed by atoms with van der Waals surface area (Å²) >= 11 is 0. The van der Waals surface area contributed by atoms with Gasteiger partial charge in [0.2, 0.25) is 5.91 Å². The maximum Gasteiger partial charge on any atom is 0.408 e. The molecule has 1 saturated heterocycles. The van der Waals surface area contributed by atoms with Crippen LogP contribution in [0.25, 0.3) is 0 Å². The van der Waals surface area contributed by atoms with Gasteiger partial charge in [-0.25, -0.2) is 9.59 Å². The fourth-order valence-electron chi connectivity index (χ4n) is 1.91. The van der Waals surface area contributed by atoms with E-state index in [1.807, 2.05) is 0 Å². The predicted molar refractivity (Wildman–Crippen MR) is 66.6 cm³/mol. The van der Waals surface area contributed by atoms with Gasteiger partial charge >= 0.3 is 12.1 Å². The summed E-state index contributed by atoms with van der Waals surface area (Å²) in [7, 11) is 0. The van der Waals surface area contributed by atoms with Crippen molar-refractivity contribution in [2.75, 3.05) is 13.1 Å². The Balaban J connectivity index is 2.78. The van der Waals surface area contributed by atoms with Crippen molar-refractivity contribution < 1.29 is 24.2 Å². The van der Waals surface area contributed by atoms with E-state index in [0.29, 0.717) is 6.54 Å². The first-order chi connectivity index (χ1) is 8.56. The summed E-state index contributed by atoms with van der Waals surface area (Å²) in [4.78, 5) is 35.7. The summed E-state index contributed by atoms with van der Waals surface area (Å²) in [5.41, 5.74) is -2.17. The van der Waals surface area contributed by atoms with E-state index in [0.717, 1.165) is 0 Å². The molecule has 19 heavy (non-hydrogen) atoms. The van der Waals surface area contributed by atoms with Crippen molar-refractivity contribution in [3.05, 3.63) is 0 Å². The Labute approximate surface area is 111 Å². The Morgan fingerprint density at radius 3 is 2.26 bits per heavy atom. The third-order valence-electron chi connectivity index (χ3n) is 2.86. The van der Waals surface area contributed by atoms with Gasteiger partial charge < -0.3 is 20.1 Å². The van der Waals surface area contributed by atoms with Crippen molar-refractivity contribution in [2.45, 2.75) is 45.3 Å². The van der Waals surface area contributed by atoms with Crippen LogP contribution < -0.4 is 5.32 Å². The molecule has 2 amide bonds. The summed E-state index contributed by atoms with van der Waals surface area (Å²) in [5.74, 6) is -1.38. The summed E-state index contributed by atoms with van der Waals surface area (Å²) < 4.78 is 5.05. The topological polar surface area (TPSA) is 95.9 Å². The molecule has 0 spiro atoms. The third-order valence-corrected chi connectivity index (χ3v) is 2.86. The number of aliphatic carboxylic acids is 1. The first-order valence-corrected chi connectivity index (χ1v) is 6.06. The number of ether oxygens (including phenoxy) is 1. The van der Waals surface area contributed by atoms with Crippen LogP contribution in [0.2, 0.25) is 0 Å². The lowest BCUT2D eigenvalue weighted by Crippen LogP contribution is -2.57. The monoisotopic (exact) mass is 272 g/mol. The van der Waals surface area contributed by atoms with E-state index in [9.17, 15) is 19.5 Å². The number of hydrogen-bond acceptors (Lipinski definition) is 4. The number of alkyl carbamates (subject to hydrolysis) is 1. The zero-order chi connectivity index (χ0) is 14.8. The summed E-state index contributed by atoms with van der Waals surface area (Å²) in [6, 6.07) is 0. The van der Waals surface area contributed by atoms with Crippen molar-refractivity contribution in [3.8, 4) is 0 Å². The zero-order valence-corrected chi connectivity index (χ0v) is 11.6. The average molecular weight is 272 g/mol. The highest BCUT2D eigenvalue weighted by molar-refractivity contribution is 5.86. The number of carboxylic acids is 1. The molecule has 1 aliphatic heterocycles. The van der Waals surface area contributed by atoms with Crippen LogP contribution in [0.5, 0.6) is 0 Å². The molecule has 0 radical (unpaired) electrons. The highest BCUT2D eigenvalue weighted by Crippen LogP contribution is 2.22. The number of likely N-dealkylation sites (tertiary alicyclic amines) is 1. The number of nitrogens with one attached hydrogen (secondary N) is 1. The zero-order valence-electron chi connectivity index (χ0n) is 11.6. The summed E-state index contributed by atoms with van der Waals surface area (Å²) in [6.07, 6.45) is -0.624. The van der Waals surface area contributed by atoms with E-state index in [-0.39, 0.29) is 18.9 Å². The average Bonchev–Trinajstić information content (AvgIpc) is 2.60. The van der Waals surface area contributed by atoms with Gasteiger partial charge in [-0.1, -0.05) is 0 Å². The molecule has 7 nitrogen and oxygen atoms in total. The van der Waals surface area contributed by atoms with Gasteiger partial charge in [-0.3, -0.25) is 4.79 Å². The number of nitrogens with zero attached hydrogens (tertiary/aromatic N) is 1. The van der Waals surface area contributed by atoms with Crippen LogP contribution in [-0.4, -0.2) is 52.2 Å². The van der Waals surface area contributed by atoms with E-state index >= 15 is 0 Å². The summed E-state index contributed by atoms with van der Waals surface area (Å²) in [6.45, 7) is 6.70. The highest BCUT2D eigenvalue weighted by atomic mass is 16.6. The van der Waals surface area contributed by atoms with Gasteiger partial charge in [0.15, 0.2) is 5.54 Å². The molecule has 7 heteroatoms. The largest absolute Gasteiger partial charge is 0.479 e. The molecule has 2 N–H and O–H groups in total. The number of hydrogen-bond donors (Lipinski definition) is 2. The molecule has 0 aromatic carbocycles. The van der Waals surface area contributed by atoms with E-state index in [1.165, 1.54) is 11.8 Å². The Morgan fingerprint density at radius 1 is 1.32 bits per heavy atom. The lowest BCUT2D eigenvalue weighted by molar-refractivity contribution is -0.144. The van der Waals surface area contributed by atoms with Gasteiger partial charge in [0.05, 0.1) is 6.54 Å². The van der Waals surface area contributed by atoms with Crippen molar-refractivity contribution in [1.82, 2.24) is 10.2 Å². The van der Waals surface area contributed by atoms with Gasteiger partial charge in [0.25, 0.3) is 0 Å². The number of carbonyl (C=O) groups excluding carboxylic acids is 2. The minimum Gasteiger partial charge on any atom is -0.479 e. The minimum absolute atomic E-state index is 0.0447. The Hall–Kier alpha value is -1.79. The molecule has 1 unspecified atom stereocenters. The first-order valence-electron chi connectivity index (χ1n) is 6.06. The fraction of sp³-hybridized carbons (Fsp3) is 0.750. The molecular formula is C12H20N2O5. The van der Waals surface area contributed by atoms with E-state index in [4.69, 9.17) is 4.74 Å². The molecule has 1 atom stereocenters. The lowest BCUT2D eigenvalue weighted by atomic mass is 9.99. The van der Waals surface area contributed by atoms with Crippen molar-refractivity contribution >= 4 is 18.0 Å². The van der Waals surface area contributed by atoms with Crippen molar-refractivity contribution in [2.24, 2.45) is 0 Å². The van der Waals surface area contributed by atoms with E-state index in [2.05, 4.69) is 5.32 Å². The predicted octanol–water partition coefficient (Wildman–Crippen LogP) is 0.587. The quantitative estimate of drug-likeness (QED) is 0.767. The summed E-state index contributed by atoms with van der Waals surface area (Å²) in [5, 5.41) is 11.7. The van der Waals surface area contributed by atoms with Crippen LogP contribution in [0.1, 0.15) is 34.1 Å². The Bertz CT molecular complexity index is 401. The van der Waals surface area contributed by atoms with Crippen LogP contribution in [0.3, 0.4) is 0 Å². The molecule has 0 aromatic rings. The van der Waals surface area contributed by atoms with Crippen LogP contribution in [-0.2, 0) is 14.3 Å². The Morgan fingerprint density at radius 2 is 1.89 bits per heavy atom. The molecule has 0 aromatic heterocycles.